The van der Waals surface area contributed by atoms with Crippen LogP contribution in [0.4, 0.5) is 0 Å². The van der Waals surface area contributed by atoms with E-state index in [1.807, 2.05) is 0 Å². The van der Waals surface area contributed by atoms with Crippen molar-refractivity contribution in [3.63, 3.8) is 0 Å². The van der Waals surface area contributed by atoms with Crippen LogP contribution in [0.2, 0.25) is 0 Å². The third-order valence-corrected chi connectivity index (χ3v) is 4.57. The molecule has 4 aromatic rings. The average Bonchev–Trinajstić information content (AvgIpc) is 3.05. The summed E-state index contributed by atoms with van der Waals surface area (Å²) in [4.78, 5) is 3.52. The van der Waals surface area contributed by atoms with Crippen LogP contribution in [0.5, 0.6) is 0 Å². The maximum atomic E-state index is 6.16. The maximum absolute atomic E-state index is 6.16. The maximum Gasteiger partial charge on any atom is 0.159 e. The van der Waals surface area contributed by atoms with Gasteiger partial charge >= 0.3 is 0 Å². The second kappa shape index (κ2) is 3.79. The van der Waals surface area contributed by atoms with Crippen molar-refractivity contribution in [1.82, 2.24) is 4.98 Å². The minimum atomic E-state index is 0.580. The molecule has 2 heteroatoms. The highest BCUT2D eigenvalue weighted by molar-refractivity contribution is 6.16. The topological polar surface area (TPSA) is 28.9 Å². The van der Waals surface area contributed by atoms with Crippen LogP contribution >= 0.6 is 0 Å². The molecular formula is C19H15NO. The zero-order chi connectivity index (χ0) is 14.0. The largest absolute Gasteiger partial charge is 0.454 e. The predicted octanol–water partition coefficient (Wildman–Crippen LogP) is 5.27. The van der Waals surface area contributed by atoms with Gasteiger partial charge in [-0.1, -0.05) is 43.3 Å². The Hall–Kier alpha value is -2.48. The third kappa shape index (κ3) is 1.42. The summed E-state index contributed by atoms with van der Waals surface area (Å²) >= 11 is 0. The summed E-state index contributed by atoms with van der Waals surface area (Å²) < 4.78 is 6.16. The van der Waals surface area contributed by atoms with E-state index in [9.17, 15) is 0 Å². The second-order valence-electron chi connectivity index (χ2n) is 6.02. The number of aromatic nitrogens is 1. The molecule has 2 heterocycles. The summed E-state index contributed by atoms with van der Waals surface area (Å²) in [5, 5.41) is 3.74. The molecule has 0 amide bonds. The molecule has 1 aliphatic rings. The zero-order valence-corrected chi connectivity index (χ0v) is 11.8. The molecule has 0 spiro atoms. The van der Waals surface area contributed by atoms with E-state index in [4.69, 9.17) is 4.42 Å². The summed E-state index contributed by atoms with van der Waals surface area (Å²) in [7, 11) is 0. The quantitative estimate of drug-likeness (QED) is 0.464. The van der Waals surface area contributed by atoms with Crippen LogP contribution in [0.15, 0.2) is 46.9 Å². The van der Waals surface area contributed by atoms with Gasteiger partial charge < -0.3 is 9.40 Å². The molecule has 2 aromatic carbocycles. The van der Waals surface area contributed by atoms with Crippen LogP contribution in [0, 0.1) is 5.92 Å². The molecule has 1 aliphatic carbocycles. The van der Waals surface area contributed by atoms with Crippen molar-refractivity contribution in [2.24, 2.45) is 5.92 Å². The molecule has 2 nitrogen and oxygen atoms in total. The number of fused-ring (bicyclic) bond motifs is 7. The number of hydrogen-bond donors (Lipinski definition) is 1. The van der Waals surface area contributed by atoms with Crippen LogP contribution in [-0.4, -0.2) is 4.98 Å². The molecule has 0 saturated carbocycles. The SMILES string of the molecule is CC1C=Cc2oc3c(ccc4c5ccccc5[nH]c43)c2C1. The van der Waals surface area contributed by atoms with Crippen molar-refractivity contribution in [1.29, 1.82) is 0 Å². The smallest absolute Gasteiger partial charge is 0.159 e. The predicted molar refractivity (Wildman–Crippen MR) is 87.5 cm³/mol. The normalized spacial score (nSPS) is 17.9. The fraction of sp³-hybridized carbons (Fsp3) is 0.158. The van der Waals surface area contributed by atoms with E-state index in [2.05, 4.69) is 60.5 Å². The van der Waals surface area contributed by atoms with Crippen molar-refractivity contribution in [3.05, 3.63) is 53.8 Å². The molecule has 0 saturated heterocycles. The molecule has 0 fully saturated rings. The van der Waals surface area contributed by atoms with Gasteiger partial charge in [0.1, 0.15) is 5.76 Å². The summed E-state index contributed by atoms with van der Waals surface area (Å²) in [5.41, 5.74) is 4.62. The number of nitrogens with one attached hydrogen (secondary N) is 1. The van der Waals surface area contributed by atoms with Gasteiger partial charge in [0.15, 0.2) is 5.58 Å². The zero-order valence-electron chi connectivity index (χ0n) is 11.8. The standard InChI is InChI=1S/C19H15NO/c1-11-6-9-17-15(10-11)14-8-7-13-12-4-2-3-5-16(12)20-18(13)19(14)21-17/h2-9,11,20H,10H2,1H3. The Bertz CT molecular complexity index is 1030. The summed E-state index contributed by atoms with van der Waals surface area (Å²) in [6, 6.07) is 12.8. The van der Waals surface area contributed by atoms with Gasteiger partial charge in [-0.05, 0) is 24.5 Å². The molecule has 1 unspecified atom stereocenters. The van der Waals surface area contributed by atoms with Gasteiger partial charge in [0.2, 0.25) is 0 Å². The van der Waals surface area contributed by atoms with Crippen LogP contribution in [0.1, 0.15) is 18.2 Å². The number of furan rings is 1. The first-order chi connectivity index (χ1) is 10.3. The van der Waals surface area contributed by atoms with Crippen LogP contribution in [0.3, 0.4) is 0 Å². The van der Waals surface area contributed by atoms with Crippen molar-refractivity contribution in [3.8, 4) is 0 Å². The lowest BCUT2D eigenvalue weighted by molar-refractivity contribution is 0.586. The number of benzene rings is 2. The third-order valence-electron chi connectivity index (χ3n) is 4.57. The average molecular weight is 273 g/mol. The Morgan fingerprint density at radius 3 is 2.86 bits per heavy atom. The number of aromatic amines is 1. The van der Waals surface area contributed by atoms with Gasteiger partial charge in [0.25, 0.3) is 0 Å². The van der Waals surface area contributed by atoms with Crippen LogP contribution in [0.25, 0.3) is 38.9 Å². The van der Waals surface area contributed by atoms with E-state index in [1.54, 1.807) is 0 Å². The molecular weight excluding hydrogens is 258 g/mol. The van der Waals surface area contributed by atoms with Crippen molar-refractivity contribution in [2.75, 3.05) is 0 Å². The highest BCUT2D eigenvalue weighted by Gasteiger charge is 2.20. The Morgan fingerprint density at radius 1 is 1.05 bits per heavy atom. The molecule has 102 valence electrons. The highest BCUT2D eigenvalue weighted by Crippen LogP contribution is 2.38. The molecule has 1 atom stereocenters. The number of allylic oxidation sites excluding steroid dienone is 1. The molecule has 0 bridgehead atoms. The number of H-pyrrole nitrogens is 1. The van der Waals surface area contributed by atoms with E-state index in [0.717, 1.165) is 23.3 Å². The molecule has 1 N–H and O–H groups in total. The first-order valence-electron chi connectivity index (χ1n) is 7.44. The van der Waals surface area contributed by atoms with Crippen molar-refractivity contribution >= 4 is 38.9 Å². The van der Waals surface area contributed by atoms with Gasteiger partial charge in [-0.25, -0.2) is 0 Å². The fourth-order valence-electron chi connectivity index (χ4n) is 3.53. The van der Waals surface area contributed by atoms with Crippen molar-refractivity contribution in [2.45, 2.75) is 13.3 Å². The minimum absolute atomic E-state index is 0.580. The number of hydrogen-bond acceptors (Lipinski definition) is 1. The lowest BCUT2D eigenvalue weighted by atomic mass is 9.93. The molecule has 5 rings (SSSR count). The molecule has 21 heavy (non-hydrogen) atoms. The summed E-state index contributed by atoms with van der Waals surface area (Å²) in [6.45, 7) is 2.25. The first-order valence-corrected chi connectivity index (χ1v) is 7.44. The monoisotopic (exact) mass is 273 g/mol. The molecule has 0 radical (unpaired) electrons. The van der Waals surface area contributed by atoms with Gasteiger partial charge in [0, 0.05) is 27.2 Å². The fourth-order valence-corrected chi connectivity index (χ4v) is 3.53. The van der Waals surface area contributed by atoms with Crippen LogP contribution < -0.4 is 0 Å². The molecule has 0 aliphatic heterocycles. The minimum Gasteiger partial charge on any atom is -0.454 e. The lowest BCUT2D eigenvalue weighted by Crippen LogP contribution is -2.00. The van der Waals surface area contributed by atoms with Crippen molar-refractivity contribution < 1.29 is 4.42 Å². The van der Waals surface area contributed by atoms with E-state index in [0.29, 0.717) is 5.92 Å². The van der Waals surface area contributed by atoms with Gasteiger partial charge in [-0.3, -0.25) is 0 Å². The number of rotatable bonds is 0. The number of para-hydroxylation sites is 1. The van der Waals surface area contributed by atoms with Crippen LogP contribution in [-0.2, 0) is 6.42 Å². The van der Waals surface area contributed by atoms with Gasteiger partial charge in [-0.15, -0.1) is 0 Å². The Balaban J connectivity index is 1.95. The van der Waals surface area contributed by atoms with E-state index in [-0.39, 0.29) is 0 Å². The second-order valence-corrected chi connectivity index (χ2v) is 6.02. The van der Waals surface area contributed by atoms with E-state index < -0.39 is 0 Å². The summed E-state index contributed by atoms with van der Waals surface area (Å²) in [6.07, 6.45) is 5.41. The molecule has 2 aromatic heterocycles. The summed E-state index contributed by atoms with van der Waals surface area (Å²) in [5.74, 6) is 1.60. The van der Waals surface area contributed by atoms with E-state index in [1.165, 1.54) is 27.2 Å². The Labute approximate surface area is 122 Å². The Morgan fingerprint density at radius 2 is 1.90 bits per heavy atom. The van der Waals surface area contributed by atoms with E-state index >= 15 is 0 Å². The lowest BCUT2D eigenvalue weighted by Gasteiger charge is -2.10. The highest BCUT2D eigenvalue weighted by atomic mass is 16.3. The van der Waals surface area contributed by atoms with Gasteiger partial charge in [-0.2, -0.15) is 0 Å². The Kier molecular flexibility index (Phi) is 2.02. The first kappa shape index (κ1) is 11.2. The van der Waals surface area contributed by atoms with Gasteiger partial charge in [0.05, 0.1) is 5.52 Å².